The van der Waals surface area contributed by atoms with E-state index in [0.29, 0.717) is 23.1 Å². The number of nitrogens with zero attached hydrogens (tertiary/aromatic N) is 4. The number of piperidine rings is 2. The molecule has 12 heteroatoms. The fourth-order valence-electron chi connectivity index (χ4n) is 4.77. The average Bonchev–Trinajstić information content (AvgIpc) is 2.74. The van der Waals surface area contributed by atoms with Crippen molar-refractivity contribution in [2.24, 2.45) is 5.92 Å². The van der Waals surface area contributed by atoms with E-state index in [2.05, 4.69) is 15.3 Å². The SMILES string of the molecule is Nc1ncnc(N2CC[C@H](C(F)(F)F)[C@@H](N3CCCC(Nc4cc(Cl)cc(Cl)c4)C3)C2)c1F. The minimum absolute atomic E-state index is 0.00668. The first-order chi connectivity index (χ1) is 15.6. The van der Waals surface area contributed by atoms with Gasteiger partial charge in [0.25, 0.3) is 0 Å². The van der Waals surface area contributed by atoms with Crippen LogP contribution in [0.4, 0.5) is 34.9 Å². The van der Waals surface area contributed by atoms with Gasteiger partial charge in [-0.25, -0.2) is 9.97 Å². The number of nitrogens with two attached hydrogens (primary N) is 1. The Hall–Kier alpha value is -2.04. The zero-order valence-corrected chi connectivity index (χ0v) is 19.1. The van der Waals surface area contributed by atoms with Gasteiger partial charge in [0.15, 0.2) is 11.6 Å². The Bertz CT molecular complexity index is 971. The third-order valence-corrected chi connectivity index (χ3v) is 6.69. The summed E-state index contributed by atoms with van der Waals surface area (Å²) in [4.78, 5) is 10.9. The van der Waals surface area contributed by atoms with Crippen molar-refractivity contribution >= 4 is 40.5 Å². The van der Waals surface area contributed by atoms with Crippen LogP contribution in [0.5, 0.6) is 0 Å². The molecule has 4 rings (SSSR count). The highest BCUT2D eigenvalue weighted by molar-refractivity contribution is 6.35. The molecule has 2 fully saturated rings. The second-order valence-corrected chi connectivity index (χ2v) is 9.36. The highest BCUT2D eigenvalue weighted by atomic mass is 35.5. The number of halogens is 6. The summed E-state index contributed by atoms with van der Waals surface area (Å²) in [6, 6.07) is 4.15. The van der Waals surface area contributed by atoms with Crippen LogP contribution in [0.2, 0.25) is 10.0 Å². The molecule has 3 N–H and O–H groups in total. The summed E-state index contributed by atoms with van der Waals surface area (Å²) in [5.41, 5.74) is 6.26. The highest BCUT2D eigenvalue weighted by Crippen LogP contribution is 2.39. The largest absolute Gasteiger partial charge is 0.393 e. The number of alkyl halides is 3. The average molecular weight is 507 g/mol. The molecule has 33 heavy (non-hydrogen) atoms. The van der Waals surface area contributed by atoms with Crippen LogP contribution < -0.4 is 16.0 Å². The quantitative estimate of drug-likeness (QED) is 0.578. The van der Waals surface area contributed by atoms with E-state index in [4.69, 9.17) is 28.9 Å². The maximum atomic E-state index is 14.5. The Balaban J connectivity index is 1.54. The molecule has 2 saturated heterocycles. The Labute approximate surface area is 199 Å². The molecular weight excluding hydrogens is 483 g/mol. The normalized spacial score (nSPS) is 24.7. The molecule has 0 bridgehead atoms. The molecule has 6 nitrogen and oxygen atoms in total. The van der Waals surface area contributed by atoms with Gasteiger partial charge in [-0.2, -0.15) is 17.6 Å². The molecule has 0 spiro atoms. The first-order valence-corrected chi connectivity index (χ1v) is 11.4. The van der Waals surface area contributed by atoms with Gasteiger partial charge in [0.05, 0.1) is 5.92 Å². The monoisotopic (exact) mass is 506 g/mol. The van der Waals surface area contributed by atoms with E-state index >= 15 is 0 Å². The molecule has 1 aromatic heterocycles. The van der Waals surface area contributed by atoms with Crippen molar-refractivity contribution < 1.29 is 17.6 Å². The van der Waals surface area contributed by atoms with E-state index < -0.39 is 24.0 Å². The fourth-order valence-corrected chi connectivity index (χ4v) is 5.29. The van der Waals surface area contributed by atoms with Crippen molar-refractivity contribution in [1.29, 1.82) is 0 Å². The lowest BCUT2D eigenvalue weighted by Crippen LogP contribution is -2.60. The van der Waals surface area contributed by atoms with Crippen LogP contribution in [-0.4, -0.2) is 59.3 Å². The molecule has 180 valence electrons. The molecule has 0 aliphatic carbocycles. The Morgan fingerprint density at radius 3 is 2.45 bits per heavy atom. The molecule has 0 saturated carbocycles. The number of nitrogen functional groups attached to an aromatic ring is 1. The molecule has 3 heterocycles. The molecule has 2 aliphatic rings. The Kier molecular flexibility index (Phi) is 7.07. The van der Waals surface area contributed by atoms with Crippen LogP contribution in [0.1, 0.15) is 19.3 Å². The third-order valence-electron chi connectivity index (χ3n) is 6.26. The predicted molar refractivity (Wildman–Crippen MR) is 121 cm³/mol. The van der Waals surface area contributed by atoms with E-state index in [1.54, 1.807) is 18.2 Å². The van der Waals surface area contributed by atoms with E-state index in [1.807, 2.05) is 4.90 Å². The van der Waals surface area contributed by atoms with Gasteiger partial charge in [-0.15, -0.1) is 0 Å². The van der Waals surface area contributed by atoms with Crippen LogP contribution in [0.3, 0.4) is 0 Å². The van der Waals surface area contributed by atoms with Crippen molar-refractivity contribution in [3.63, 3.8) is 0 Å². The summed E-state index contributed by atoms with van der Waals surface area (Å²) >= 11 is 12.1. The fraction of sp³-hybridized carbons (Fsp3) is 0.524. The molecule has 1 unspecified atom stereocenters. The number of hydrogen-bond donors (Lipinski definition) is 2. The van der Waals surface area contributed by atoms with E-state index in [1.165, 1.54) is 4.90 Å². The number of nitrogens with one attached hydrogen (secondary N) is 1. The maximum absolute atomic E-state index is 14.5. The summed E-state index contributed by atoms with van der Waals surface area (Å²) in [6.07, 6.45) is -1.88. The van der Waals surface area contributed by atoms with Crippen molar-refractivity contribution in [3.8, 4) is 0 Å². The first kappa shape index (κ1) is 24.1. The van der Waals surface area contributed by atoms with E-state index in [0.717, 1.165) is 24.9 Å². The number of aromatic nitrogens is 2. The molecule has 2 aromatic rings. The van der Waals surface area contributed by atoms with Crippen LogP contribution in [-0.2, 0) is 0 Å². The van der Waals surface area contributed by atoms with Gasteiger partial charge in [0.1, 0.15) is 6.33 Å². The molecule has 2 aliphatic heterocycles. The third kappa shape index (κ3) is 5.55. The smallest absolute Gasteiger partial charge is 0.381 e. The predicted octanol–water partition coefficient (Wildman–Crippen LogP) is 4.84. The number of anilines is 3. The second kappa shape index (κ2) is 9.68. The maximum Gasteiger partial charge on any atom is 0.393 e. The zero-order chi connectivity index (χ0) is 23.8. The summed E-state index contributed by atoms with van der Waals surface area (Å²) in [5, 5.41) is 4.29. The summed E-state index contributed by atoms with van der Waals surface area (Å²) in [6.45, 7) is 0.954. The molecule has 0 radical (unpaired) electrons. The van der Waals surface area contributed by atoms with E-state index in [-0.39, 0.29) is 37.2 Å². The lowest BCUT2D eigenvalue weighted by molar-refractivity contribution is -0.196. The Morgan fingerprint density at radius 1 is 1.03 bits per heavy atom. The van der Waals surface area contributed by atoms with Gasteiger partial charge in [-0.3, -0.25) is 4.90 Å². The Morgan fingerprint density at radius 2 is 1.76 bits per heavy atom. The van der Waals surface area contributed by atoms with Crippen molar-refractivity contribution in [2.45, 2.75) is 37.5 Å². The van der Waals surface area contributed by atoms with Crippen molar-refractivity contribution in [3.05, 3.63) is 40.4 Å². The first-order valence-electron chi connectivity index (χ1n) is 10.7. The lowest BCUT2D eigenvalue weighted by atomic mass is 9.88. The standard InChI is InChI=1S/C21H24Cl2F4N6/c22-12-6-13(23)8-15(7-12)31-14-2-1-4-32(9-14)17-10-33(5-3-16(17)21(25,26)27)20-18(24)19(28)29-11-30-20/h6-8,11,14,16-17,31H,1-5,9-10H2,(H2,28,29,30)/t14?,16-,17-/m0/s1. The van der Waals surface area contributed by atoms with Crippen LogP contribution >= 0.6 is 23.2 Å². The van der Waals surface area contributed by atoms with Gasteiger partial charge in [0, 0.05) is 47.5 Å². The number of likely N-dealkylation sites (tertiary alicyclic amines) is 1. The second-order valence-electron chi connectivity index (χ2n) is 8.48. The van der Waals surface area contributed by atoms with Crippen LogP contribution in [0.15, 0.2) is 24.5 Å². The molecule has 3 atom stereocenters. The van der Waals surface area contributed by atoms with Gasteiger partial charge in [-0.05, 0) is 44.0 Å². The number of rotatable bonds is 4. The van der Waals surface area contributed by atoms with Gasteiger partial charge in [-0.1, -0.05) is 23.2 Å². The topological polar surface area (TPSA) is 70.3 Å². The highest BCUT2D eigenvalue weighted by Gasteiger charge is 2.50. The zero-order valence-electron chi connectivity index (χ0n) is 17.6. The van der Waals surface area contributed by atoms with Crippen molar-refractivity contribution in [1.82, 2.24) is 14.9 Å². The summed E-state index contributed by atoms with van der Waals surface area (Å²) in [5.74, 6) is -2.71. The number of benzene rings is 1. The lowest BCUT2D eigenvalue weighted by Gasteiger charge is -2.47. The minimum atomic E-state index is -4.36. The molecular formula is C21H24Cl2F4N6. The summed E-state index contributed by atoms with van der Waals surface area (Å²) in [7, 11) is 0. The number of hydrogen-bond acceptors (Lipinski definition) is 6. The molecule has 1 aromatic carbocycles. The minimum Gasteiger partial charge on any atom is -0.381 e. The van der Waals surface area contributed by atoms with Gasteiger partial charge in [0.2, 0.25) is 5.82 Å². The van der Waals surface area contributed by atoms with E-state index in [9.17, 15) is 17.6 Å². The van der Waals surface area contributed by atoms with Gasteiger partial charge < -0.3 is 16.0 Å². The molecule has 0 amide bonds. The van der Waals surface area contributed by atoms with Crippen LogP contribution in [0.25, 0.3) is 0 Å². The van der Waals surface area contributed by atoms with Gasteiger partial charge >= 0.3 is 6.18 Å². The summed E-state index contributed by atoms with van der Waals surface area (Å²) < 4.78 is 56.3. The van der Waals surface area contributed by atoms with Crippen LogP contribution in [0, 0.1) is 11.7 Å². The van der Waals surface area contributed by atoms with Crippen molar-refractivity contribution in [2.75, 3.05) is 42.1 Å².